The van der Waals surface area contributed by atoms with E-state index >= 15 is 0 Å². The van der Waals surface area contributed by atoms with Gasteiger partial charge in [-0.1, -0.05) is 42.5 Å². The van der Waals surface area contributed by atoms with Gasteiger partial charge in [-0.3, -0.25) is 4.79 Å². The van der Waals surface area contributed by atoms with Crippen molar-refractivity contribution in [2.45, 2.75) is 25.4 Å². The van der Waals surface area contributed by atoms with Crippen LogP contribution in [0.3, 0.4) is 0 Å². The maximum atomic E-state index is 12.2. The molecule has 2 aromatic carbocycles. The third-order valence-corrected chi connectivity index (χ3v) is 4.35. The van der Waals surface area contributed by atoms with E-state index in [9.17, 15) is 9.90 Å². The molecule has 23 heavy (non-hydrogen) atoms. The first kappa shape index (κ1) is 17.6. The molecule has 0 heterocycles. The highest BCUT2D eigenvalue weighted by molar-refractivity contribution is 7.98. The van der Waals surface area contributed by atoms with Crippen molar-refractivity contribution in [3.8, 4) is 0 Å². The van der Waals surface area contributed by atoms with Crippen LogP contribution in [-0.4, -0.2) is 23.0 Å². The normalized spacial score (nSPS) is 13.3. The van der Waals surface area contributed by atoms with Gasteiger partial charge in [0.25, 0.3) is 0 Å². The highest BCUT2D eigenvalue weighted by atomic mass is 32.2. The quantitative estimate of drug-likeness (QED) is 0.812. The molecule has 1 amide bonds. The Morgan fingerprint density at radius 2 is 1.78 bits per heavy atom. The van der Waals surface area contributed by atoms with Crippen molar-refractivity contribution in [1.29, 1.82) is 0 Å². The first-order valence-electron chi connectivity index (χ1n) is 7.67. The van der Waals surface area contributed by atoms with Gasteiger partial charge in [0.2, 0.25) is 5.91 Å². The van der Waals surface area contributed by atoms with Crippen LogP contribution in [0.25, 0.3) is 0 Å². The molecule has 1 atom stereocenters. The van der Waals surface area contributed by atoms with Crippen molar-refractivity contribution < 1.29 is 9.90 Å². The van der Waals surface area contributed by atoms with Gasteiger partial charge in [-0.25, -0.2) is 0 Å². The molecule has 0 aromatic heterocycles. The molecule has 0 spiro atoms. The SMILES string of the molecule is CSCCc1ccc(NC(=O)CC(C)(O)c2ccccc2)cc1. The molecule has 0 saturated heterocycles. The molecule has 0 aliphatic heterocycles. The summed E-state index contributed by atoms with van der Waals surface area (Å²) in [6.07, 6.45) is 3.14. The lowest BCUT2D eigenvalue weighted by molar-refractivity contribution is -0.120. The Balaban J connectivity index is 1.94. The number of carbonyl (C=O) groups is 1. The maximum absolute atomic E-state index is 12.2. The number of amides is 1. The van der Waals surface area contributed by atoms with E-state index < -0.39 is 5.60 Å². The van der Waals surface area contributed by atoms with Gasteiger partial charge in [-0.2, -0.15) is 11.8 Å². The predicted molar refractivity (Wildman–Crippen MR) is 97.8 cm³/mol. The predicted octanol–water partition coefficient (Wildman–Crippen LogP) is 3.83. The third-order valence-electron chi connectivity index (χ3n) is 3.73. The van der Waals surface area contributed by atoms with Crippen molar-refractivity contribution in [2.24, 2.45) is 0 Å². The number of thioether (sulfide) groups is 1. The van der Waals surface area contributed by atoms with E-state index in [4.69, 9.17) is 0 Å². The fraction of sp³-hybridized carbons (Fsp3) is 0.316. The molecule has 0 saturated carbocycles. The smallest absolute Gasteiger partial charge is 0.227 e. The molecule has 4 heteroatoms. The lowest BCUT2D eigenvalue weighted by Gasteiger charge is -2.23. The van der Waals surface area contributed by atoms with Gasteiger partial charge in [-0.05, 0) is 48.6 Å². The highest BCUT2D eigenvalue weighted by Crippen LogP contribution is 2.24. The second-order valence-corrected chi connectivity index (χ2v) is 6.79. The van der Waals surface area contributed by atoms with Crippen LogP contribution < -0.4 is 5.32 Å². The Morgan fingerprint density at radius 3 is 2.39 bits per heavy atom. The van der Waals surface area contributed by atoms with E-state index in [1.165, 1.54) is 5.56 Å². The van der Waals surface area contributed by atoms with Crippen LogP contribution in [0.1, 0.15) is 24.5 Å². The molecule has 0 fully saturated rings. The first-order chi connectivity index (χ1) is 11.0. The minimum absolute atomic E-state index is 0.0191. The van der Waals surface area contributed by atoms with Crippen LogP contribution in [0.4, 0.5) is 5.69 Å². The highest BCUT2D eigenvalue weighted by Gasteiger charge is 2.26. The maximum Gasteiger partial charge on any atom is 0.227 e. The number of anilines is 1. The van der Waals surface area contributed by atoms with E-state index in [2.05, 4.69) is 11.6 Å². The molecular formula is C19H23NO2S. The van der Waals surface area contributed by atoms with E-state index in [0.29, 0.717) is 0 Å². The number of hydrogen-bond donors (Lipinski definition) is 2. The summed E-state index contributed by atoms with van der Waals surface area (Å²) in [6, 6.07) is 17.1. The van der Waals surface area contributed by atoms with Crippen molar-refractivity contribution in [3.63, 3.8) is 0 Å². The van der Waals surface area contributed by atoms with E-state index in [1.54, 1.807) is 6.92 Å². The van der Waals surface area contributed by atoms with Crippen LogP contribution in [-0.2, 0) is 16.8 Å². The van der Waals surface area contributed by atoms with Gasteiger partial charge >= 0.3 is 0 Å². The molecule has 0 radical (unpaired) electrons. The molecule has 0 bridgehead atoms. The average molecular weight is 329 g/mol. The third kappa shape index (κ3) is 5.41. The number of nitrogens with one attached hydrogen (secondary N) is 1. The van der Waals surface area contributed by atoms with Crippen molar-refractivity contribution in [3.05, 3.63) is 65.7 Å². The molecular weight excluding hydrogens is 306 g/mol. The first-order valence-corrected chi connectivity index (χ1v) is 9.06. The standard InChI is InChI=1S/C19H23NO2S/c1-19(22,16-6-4-3-5-7-16)14-18(21)20-17-10-8-15(9-11-17)12-13-23-2/h3-11,22H,12-14H2,1-2H3,(H,20,21). The Morgan fingerprint density at radius 1 is 1.13 bits per heavy atom. The van der Waals surface area contributed by atoms with Gasteiger partial charge in [-0.15, -0.1) is 0 Å². The van der Waals surface area contributed by atoms with Gasteiger partial charge in [0.15, 0.2) is 0 Å². The zero-order valence-corrected chi connectivity index (χ0v) is 14.4. The zero-order valence-electron chi connectivity index (χ0n) is 13.6. The summed E-state index contributed by atoms with van der Waals surface area (Å²) < 4.78 is 0. The van der Waals surface area contributed by atoms with Crippen LogP contribution in [0, 0.1) is 0 Å². The van der Waals surface area contributed by atoms with Gasteiger partial charge in [0.05, 0.1) is 12.0 Å². The monoisotopic (exact) mass is 329 g/mol. The minimum Gasteiger partial charge on any atom is -0.385 e. The fourth-order valence-electron chi connectivity index (χ4n) is 2.39. The Kier molecular flexibility index (Phi) is 6.25. The van der Waals surface area contributed by atoms with Crippen LogP contribution in [0.2, 0.25) is 0 Å². The van der Waals surface area contributed by atoms with Crippen molar-refractivity contribution in [2.75, 3.05) is 17.3 Å². The molecule has 1 unspecified atom stereocenters. The summed E-state index contributed by atoms with van der Waals surface area (Å²) in [7, 11) is 0. The van der Waals surface area contributed by atoms with Crippen molar-refractivity contribution in [1.82, 2.24) is 0 Å². The van der Waals surface area contributed by atoms with E-state index in [-0.39, 0.29) is 12.3 Å². The topological polar surface area (TPSA) is 49.3 Å². The molecule has 2 N–H and O–H groups in total. The number of carbonyl (C=O) groups excluding carboxylic acids is 1. The van der Waals surface area contributed by atoms with Gasteiger partial charge in [0, 0.05) is 5.69 Å². The Bertz CT molecular complexity index is 624. The fourth-order valence-corrected chi connectivity index (χ4v) is 2.83. The van der Waals surface area contributed by atoms with E-state index in [1.807, 2.05) is 66.4 Å². The second-order valence-electron chi connectivity index (χ2n) is 5.80. The number of rotatable bonds is 7. The summed E-state index contributed by atoms with van der Waals surface area (Å²) in [5.41, 5.74) is 1.58. The van der Waals surface area contributed by atoms with Gasteiger partial charge < -0.3 is 10.4 Å². The van der Waals surface area contributed by atoms with Crippen molar-refractivity contribution >= 4 is 23.4 Å². The Labute approximate surface area is 142 Å². The molecule has 2 rings (SSSR count). The van der Waals surface area contributed by atoms with Crippen LogP contribution in [0.15, 0.2) is 54.6 Å². The average Bonchev–Trinajstić information content (AvgIpc) is 2.54. The largest absolute Gasteiger partial charge is 0.385 e. The molecule has 2 aromatic rings. The summed E-state index contributed by atoms with van der Waals surface area (Å²) in [5.74, 6) is 0.891. The number of benzene rings is 2. The lowest BCUT2D eigenvalue weighted by atomic mass is 9.92. The van der Waals surface area contributed by atoms with E-state index in [0.717, 1.165) is 23.4 Å². The molecule has 122 valence electrons. The number of hydrogen-bond acceptors (Lipinski definition) is 3. The molecule has 3 nitrogen and oxygen atoms in total. The van der Waals surface area contributed by atoms with Crippen LogP contribution >= 0.6 is 11.8 Å². The van der Waals surface area contributed by atoms with Crippen LogP contribution in [0.5, 0.6) is 0 Å². The summed E-state index contributed by atoms with van der Waals surface area (Å²) in [4.78, 5) is 12.2. The Hall–Kier alpha value is -1.78. The summed E-state index contributed by atoms with van der Waals surface area (Å²) in [5, 5.41) is 13.4. The number of aryl methyl sites for hydroxylation is 1. The lowest BCUT2D eigenvalue weighted by Crippen LogP contribution is -2.28. The summed E-state index contributed by atoms with van der Waals surface area (Å²) >= 11 is 1.82. The van der Waals surface area contributed by atoms with Gasteiger partial charge in [0.1, 0.15) is 0 Å². The molecule has 0 aliphatic carbocycles. The summed E-state index contributed by atoms with van der Waals surface area (Å²) in [6.45, 7) is 1.66. The molecule has 0 aliphatic rings. The zero-order chi connectivity index (χ0) is 16.7. The second kappa shape index (κ2) is 8.18. The minimum atomic E-state index is -1.18. The number of aliphatic hydroxyl groups is 1.